The Balaban J connectivity index is 2.34. The molecule has 14 heavy (non-hydrogen) atoms. The minimum absolute atomic E-state index is 0.0214. The summed E-state index contributed by atoms with van der Waals surface area (Å²) < 4.78 is 13.4. The minimum Gasteiger partial charge on any atom is -0.507 e. The molecule has 1 aliphatic heterocycles. The van der Waals surface area contributed by atoms with Gasteiger partial charge in [0.25, 0.3) is 0 Å². The van der Waals surface area contributed by atoms with Gasteiger partial charge in [0, 0.05) is 6.54 Å². The second kappa shape index (κ2) is 3.87. The van der Waals surface area contributed by atoms with E-state index in [4.69, 9.17) is 0 Å². The third-order valence-corrected chi connectivity index (χ3v) is 3.35. The van der Waals surface area contributed by atoms with Crippen LogP contribution in [0.15, 0.2) is 16.6 Å². The highest BCUT2D eigenvalue weighted by Crippen LogP contribution is 2.32. The largest absolute Gasteiger partial charge is 0.507 e. The van der Waals surface area contributed by atoms with Crippen LogP contribution in [0.1, 0.15) is 17.9 Å². The number of phenolic OH excluding ortho intramolecular Hbond substituents is 1. The summed E-state index contributed by atoms with van der Waals surface area (Å²) in [6, 6.07) is 3.12. The molecule has 0 amide bonds. The first-order chi connectivity index (χ1) is 6.68. The standard InChI is InChI=1S/C10H11BrFNO/c11-10-8(12)3-7(4-9(10)14)6-1-2-13-5-6/h3-4,6,13-14H,1-2,5H2. The first-order valence-corrected chi connectivity index (χ1v) is 5.36. The fourth-order valence-corrected chi connectivity index (χ4v) is 2.00. The van der Waals surface area contributed by atoms with E-state index in [1.807, 2.05) is 0 Å². The van der Waals surface area contributed by atoms with Crippen LogP contribution < -0.4 is 5.32 Å². The van der Waals surface area contributed by atoms with Crippen molar-refractivity contribution in [3.8, 4) is 5.75 Å². The van der Waals surface area contributed by atoms with E-state index in [9.17, 15) is 9.50 Å². The van der Waals surface area contributed by atoms with Crippen molar-refractivity contribution >= 4 is 15.9 Å². The summed E-state index contributed by atoms with van der Waals surface area (Å²) in [5.74, 6) is -0.0951. The van der Waals surface area contributed by atoms with E-state index in [2.05, 4.69) is 21.2 Å². The van der Waals surface area contributed by atoms with Gasteiger partial charge in [0.15, 0.2) is 0 Å². The molecule has 0 spiro atoms. The van der Waals surface area contributed by atoms with Gasteiger partial charge in [0.1, 0.15) is 11.6 Å². The number of aromatic hydroxyl groups is 1. The normalized spacial score (nSPS) is 21.4. The van der Waals surface area contributed by atoms with Gasteiger partial charge in [-0.15, -0.1) is 0 Å². The van der Waals surface area contributed by atoms with Crippen LogP contribution in [-0.4, -0.2) is 18.2 Å². The van der Waals surface area contributed by atoms with Crippen molar-refractivity contribution in [3.63, 3.8) is 0 Å². The van der Waals surface area contributed by atoms with E-state index in [1.54, 1.807) is 6.07 Å². The number of nitrogens with one attached hydrogen (secondary N) is 1. The summed E-state index contributed by atoms with van der Waals surface area (Å²) in [5, 5.41) is 12.6. The molecule has 76 valence electrons. The van der Waals surface area contributed by atoms with Gasteiger partial charge in [-0.3, -0.25) is 0 Å². The molecule has 2 rings (SSSR count). The van der Waals surface area contributed by atoms with Crippen LogP contribution in [0.25, 0.3) is 0 Å². The highest BCUT2D eigenvalue weighted by molar-refractivity contribution is 9.10. The smallest absolute Gasteiger partial charge is 0.141 e. The zero-order chi connectivity index (χ0) is 10.1. The number of benzene rings is 1. The molecule has 1 saturated heterocycles. The van der Waals surface area contributed by atoms with Crippen LogP contribution in [-0.2, 0) is 0 Å². The topological polar surface area (TPSA) is 32.3 Å². The monoisotopic (exact) mass is 259 g/mol. The summed E-state index contributed by atoms with van der Waals surface area (Å²) >= 11 is 2.98. The van der Waals surface area contributed by atoms with E-state index in [1.165, 1.54) is 6.07 Å². The summed E-state index contributed by atoms with van der Waals surface area (Å²) in [6.07, 6.45) is 1.00. The molecule has 4 heteroatoms. The van der Waals surface area contributed by atoms with Crippen molar-refractivity contribution in [2.24, 2.45) is 0 Å². The lowest BCUT2D eigenvalue weighted by Crippen LogP contribution is -2.08. The fraction of sp³-hybridized carbons (Fsp3) is 0.400. The maximum Gasteiger partial charge on any atom is 0.141 e. The van der Waals surface area contributed by atoms with E-state index < -0.39 is 5.82 Å². The average molecular weight is 260 g/mol. The third-order valence-electron chi connectivity index (χ3n) is 2.56. The summed E-state index contributed by atoms with van der Waals surface area (Å²) in [4.78, 5) is 0. The maximum absolute atomic E-state index is 13.3. The zero-order valence-corrected chi connectivity index (χ0v) is 9.14. The predicted molar refractivity (Wildman–Crippen MR) is 56.0 cm³/mol. The minimum atomic E-state index is -0.396. The van der Waals surface area contributed by atoms with Gasteiger partial charge in [-0.2, -0.15) is 0 Å². The number of hydrogen-bond acceptors (Lipinski definition) is 2. The van der Waals surface area contributed by atoms with E-state index >= 15 is 0 Å². The van der Waals surface area contributed by atoms with Gasteiger partial charge in [-0.05, 0) is 52.5 Å². The molecule has 1 heterocycles. The molecule has 1 aromatic rings. The number of halogens is 2. The van der Waals surface area contributed by atoms with Crippen molar-refractivity contribution < 1.29 is 9.50 Å². The van der Waals surface area contributed by atoms with Crippen LogP contribution in [0, 0.1) is 5.82 Å². The number of hydrogen-bond donors (Lipinski definition) is 2. The predicted octanol–water partition coefficient (Wildman–Crippen LogP) is 2.37. The molecule has 1 aliphatic rings. The highest BCUT2D eigenvalue weighted by Gasteiger charge is 2.19. The molecule has 1 atom stereocenters. The Morgan fingerprint density at radius 2 is 2.29 bits per heavy atom. The van der Waals surface area contributed by atoms with Crippen LogP contribution in [0.2, 0.25) is 0 Å². The van der Waals surface area contributed by atoms with Crippen LogP contribution in [0.4, 0.5) is 4.39 Å². The molecule has 0 aliphatic carbocycles. The Morgan fingerprint density at radius 1 is 1.50 bits per heavy atom. The fourth-order valence-electron chi connectivity index (χ4n) is 1.77. The van der Waals surface area contributed by atoms with Crippen molar-refractivity contribution in [2.75, 3.05) is 13.1 Å². The number of phenols is 1. The molecular formula is C10H11BrFNO. The van der Waals surface area contributed by atoms with Crippen LogP contribution in [0.3, 0.4) is 0 Å². The summed E-state index contributed by atoms with van der Waals surface area (Å²) in [5.41, 5.74) is 0.869. The lowest BCUT2D eigenvalue weighted by atomic mass is 9.98. The van der Waals surface area contributed by atoms with Crippen molar-refractivity contribution in [3.05, 3.63) is 28.0 Å². The highest BCUT2D eigenvalue weighted by atomic mass is 79.9. The zero-order valence-electron chi connectivity index (χ0n) is 7.56. The lowest BCUT2D eigenvalue weighted by Gasteiger charge is -2.10. The molecule has 2 N–H and O–H groups in total. The van der Waals surface area contributed by atoms with Gasteiger partial charge in [-0.25, -0.2) is 4.39 Å². The third kappa shape index (κ3) is 1.77. The Morgan fingerprint density at radius 3 is 2.86 bits per heavy atom. The molecule has 1 fully saturated rings. The quantitative estimate of drug-likeness (QED) is 0.812. The Kier molecular flexibility index (Phi) is 2.74. The summed E-state index contributed by atoms with van der Waals surface area (Å²) in [7, 11) is 0. The molecule has 2 nitrogen and oxygen atoms in total. The molecule has 0 bridgehead atoms. The van der Waals surface area contributed by atoms with Gasteiger partial charge in [-0.1, -0.05) is 0 Å². The van der Waals surface area contributed by atoms with Crippen molar-refractivity contribution in [2.45, 2.75) is 12.3 Å². The SMILES string of the molecule is Oc1cc(C2CCNC2)cc(F)c1Br. The summed E-state index contributed by atoms with van der Waals surface area (Å²) in [6.45, 7) is 1.82. The van der Waals surface area contributed by atoms with Crippen LogP contribution >= 0.6 is 15.9 Å². The van der Waals surface area contributed by atoms with Gasteiger partial charge >= 0.3 is 0 Å². The van der Waals surface area contributed by atoms with Crippen LogP contribution in [0.5, 0.6) is 5.75 Å². The van der Waals surface area contributed by atoms with E-state index in [-0.39, 0.29) is 10.2 Å². The van der Waals surface area contributed by atoms with E-state index in [0.717, 1.165) is 25.1 Å². The Labute approximate surface area is 90.3 Å². The average Bonchev–Trinajstić information content (AvgIpc) is 2.66. The second-order valence-electron chi connectivity index (χ2n) is 3.53. The molecule has 0 aromatic heterocycles. The molecular weight excluding hydrogens is 249 g/mol. The first kappa shape index (κ1) is 9.93. The molecule has 0 radical (unpaired) electrons. The van der Waals surface area contributed by atoms with Crippen molar-refractivity contribution in [1.82, 2.24) is 5.32 Å². The lowest BCUT2D eigenvalue weighted by molar-refractivity contribution is 0.462. The number of rotatable bonds is 1. The van der Waals surface area contributed by atoms with E-state index in [0.29, 0.717) is 5.92 Å². The second-order valence-corrected chi connectivity index (χ2v) is 4.32. The molecule has 1 aromatic carbocycles. The Hall–Kier alpha value is -0.610. The first-order valence-electron chi connectivity index (χ1n) is 4.57. The molecule has 1 unspecified atom stereocenters. The maximum atomic E-state index is 13.3. The Bertz CT molecular complexity index is 327. The van der Waals surface area contributed by atoms with Crippen molar-refractivity contribution in [1.29, 1.82) is 0 Å². The van der Waals surface area contributed by atoms with Gasteiger partial charge < -0.3 is 10.4 Å². The molecule has 0 saturated carbocycles. The van der Waals surface area contributed by atoms with Gasteiger partial charge in [0.05, 0.1) is 4.47 Å². The van der Waals surface area contributed by atoms with Gasteiger partial charge in [0.2, 0.25) is 0 Å².